The number of aryl methyl sites for hydroxylation is 2. The molecule has 1 saturated carbocycles. The summed E-state index contributed by atoms with van der Waals surface area (Å²) in [5.41, 5.74) is 1.78. The first kappa shape index (κ1) is 21.7. The van der Waals surface area contributed by atoms with Gasteiger partial charge in [0.25, 0.3) is 0 Å². The average Bonchev–Trinajstić information content (AvgIpc) is 2.71. The van der Waals surface area contributed by atoms with Crippen molar-refractivity contribution in [2.75, 3.05) is 13.2 Å². The third-order valence-corrected chi connectivity index (χ3v) is 5.81. The average molecular weight is 423 g/mol. The van der Waals surface area contributed by atoms with Gasteiger partial charge in [0, 0.05) is 11.4 Å². The number of Topliss-reactive ketones (excluding diaryl/α,β-unsaturated/α-hetero) is 1. The fourth-order valence-electron chi connectivity index (χ4n) is 3.69. The first-order valence-electron chi connectivity index (χ1n) is 10.0. The van der Waals surface area contributed by atoms with Gasteiger partial charge in [-0.2, -0.15) is 0 Å². The molecule has 1 fully saturated rings. The fraction of sp³-hybridized carbons (Fsp3) is 0.545. The zero-order chi connectivity index (χ0) is 21.0. The lowest BCUT2D eigenvalue weighted by atomic mass is 9.80. The monoisotopic (exact) mass is 422 g/mol. The van der Waals surface area contributed by atoms with Crippen molar-refractivity contribution in [1.29, 1.82) is 0 Å². The van der Waals surface area contributed by atoms with Crippen LogP contribution >= 0.6 is 11.6 Å². The van der Waals surface area contributed by atoms with Gasteiger partial charge in [0.1, 0.15) is 24.7 Å². The Morgan fingerprint density at radius 2 is 1.97 bits per heavy atom. The Balaban J connectivity index is 1.57. The number of esters is 1. The van der Waals surface area contributed by atoms with Gasteiger partial charge in [-0.15, -0.1) is 0 Å². The van der Waals surface area contributed by atoms with Crippen LogP contribution in [0.5, 0.6) is 5.75 Å². The molecule has 3 rings (SSSR count). The SMILES string of the molecule is CCCOC(=O)COC1CCC2C(=O)C(Oc3cc(C)c(Cl)c(C)c3)=COC2C1. The summed E-state index contributed by atoms with van der Waals surface area (Å²) in [5, 5.41) is 0.689. The molecule has 0 amide bonds. The molecule has 3 atom stereocenters. The molecule has 0 spiro atoms. The van der Waals surface area contributed by atoms with Crippen LogP contribution < -0.4 is 4.74 Å². The Morgan fingerprint density at radius 1 is 1.24 bits per heavy atom. The van der Waals surface area contributed by atoms with Crippen LogP contribution in [0.1, 0.15) is 43.7 Å². The van der Waals surface area contributed by atoms with Crippen molar-refractivity contribution in [3.63, 3.8) is 0 Å². The van der Waals surface area contributed by atoms with Crippen LogP contribution in [0.2, 0.25) is 5.02 Å². The van der Waals surface area contributed by atoms with E-state index in [4.69, 9.17) is 30.5 Å². The number of allylic oxidation sites excluding steroid dienone is 1. The van der Waals surface area contributed by atoms with Crippen molar-refractivity contribution in [3.05, 3.63) is 40.3 Å². The molecule has 0 radical (unpaired) electrons. The number of fused-ring (bicyclic) bond motifs is 1. The standard InChI is InChI=1S/C22H27ClO6/c1-4-7-26-20(24)12-27-15-5-6-17-18(10-15)28-11-19(22(17)25)29-16-8-13(2)21(23)14(3)9-16/h8-9,11,15,17-18H,4-7,10,12H2,1-3H3. The highest BCUT2D eigenvalue weighted by molar-refractivity contribution is 6.32. The summed E-state index contributed by atoms with van der Waals surface area (Å²) >= 11 is 6.19. The van der Waals surface area contributed by atoms with Crippen LogP contribution in [0.4, 0.5) is 0 Å². The zero-order valence-electron chi connectivity index (χ0n) is 17.0. The minimum atomic E-state index is -0.362. The highest BCUT2D eigenvalue weighted by Gasteiger charge is 2.41. The number of hydrogen-bond acceptors (Lipinski definition) is 6. The Bertz CT molecular complexity index is 779. The van der Waals surface area contributed by atoms with E-state index in [9.17, 15) is 9.59 Å². The van der Waals surface area contributed by atoms with Crippen LogP contribution in [0, 0.1) is 19.8 Å². The quantitative estimate of drug-likeness (QED) is 0.610. The topological polar surface area (TPSA) is 71.1 Å². The zero-order valence-corrected chi connectivity index (χ0v) is 17.8. The largest absolute Gasteiger partial charge is 0.493 e. The highest BCUT2D eigenvalue weighted by Crippen LogP contribution is 2.35. The van der Waals surface area contributed by atoms with Crippen molar-refractivity contribution in [1.82, 2.24) is 0 Å². The molecule has 1 aliphatic heterocycles. The number of ether oxygens (including phenoxy) is 4. The van der Waals surface area contributed by atoms with Crippen LogP contribution in [-0.2, 0) is 23.8 Å². The molecular weight excluding hydrogens is 396 g/mol. The maximum atomic E-state index is 12.9. The van der Waals surface area contributed by atoms with E-state index in [1.165, 1.54) is 6.26 Å². The predicted octanol–water partition coefficient (Wildman–Crippen LogP) is 4.28. The predicted molar refractivity (Wildman–Crippen MR) is 108 cm³/mol. The lowest BCUT2D eigenvalue weighted by Gasteiger charge is -2.37. The highest BCUT2D eigenvalue weighted by atomic mass is 35.5. The summed E-state index contributed by atoms with van der Waals surface area (Å²) in [6.45, 7) is 6.05. The summed E-state index contributed by atoms with van der Waals surface area (Å²) in [6.07, 6.45) is 3.63. The molecule has 3 unspecified atom stereocenters. The summed E-state index contributed by atoms with van der Waals surface area (Å²) < 4.78 is 22.3. The van der Waals surface area contributed by atoms with Gasteiger partial charge >= 0.3 is 5.97 Å². The molecule has 1 heterocycles. The molecule has 1 aliphatic carbocycles. The maximum Gasteiger partial charge on any atom is 0.332 e. The minimum Gasteiger partial charge on any atom is -0.493 e. The van der Waals surface area contributed by atoms with Crippen LogP contribution in [-0.4, -0.2) is 37.2 Å². The van der Waals surface area contributed by atoms with E-state index in [0.29, 0.717) is 36.6 Å². The summed E-state index contributed by atoms with van der Waals surface area (Å²) in [5.74, 6) is 0.0750. The van der Waals surface area contributed by atoms with E-state index < -0.39 is 0 Å². The van der Waals surface area contributed by atoms with Gasteiger partial charge in [0.2, 0.25) is 11.5 Å². The molecule has 7 heteroatoms. The number of carbonyl (C=O) groups is 2. The van der Waals surface area contributed by atoms with E-state index in [-0.39, 0.29) is 42.2 Å². The fourth-order valence-corrected chi connectivity index (χ4v) is 3.80. The van der Waals surface area contributed by atoms with Gasteiger partial charge in [0.05, 0.1) is 18.6 Å². The molecular formula is C22H27ClO6. The van der Waals surface area contributed by atoms with Crippen LogP contribution in [0.3, 0.4) is 0 Å². The Morgan fingerprint density at radius 3 is 2.66 bits per heavy atom. The van der Waals surface area contributed by atoms with E-state index in [0.717, 1.165) is 17.5 Å². The van der Waals surface area contributed by atoms with Crippen molar-refractivity contribution in [2.45, 2.75) is 58.7 Å². The second kappa shape index (κ2) is 9.63. The normalized spacial score (nSPS) is 23.7. The molecule has 2 aliphatic rings. The summed E-state index contributed by atoms with van der Waals surface area (Å²) in [7, 11) is 0. The summed E-state index contributed by atoms with van der Waals surface area (Å²) in [6, 6.07) is 3.61. The lowest BCUT2D eigenvalue weighted by Crippen LogP contribution is -2.42. The van der Waals surface area contributed by atoms with Crippen molar-refractivity contribution in [3.8, 4) is 5.75 Å². The van der Waals surface area contributed by atoms with Gasteiger partial charge in [-0.05, 0) is 56.4 Å². The second-order valence-corrected chi connectivity index (χ2v) is 7.94. The molecule has 0 saturated heterocycles. The first-order valence-corrected chi connectivity index (χ1v) is 10.4. The third-order valence-electron chi connectivity index (χ3n) is 5.21. The molecule has 0 N–H and O–H groups in total. The summed E-state index contributed by atoms with van der Waals surface area (Å²) in [4.78, 5) is 24.5. The number of hydrogen-bond donors (Lipinski definition) is 0. The van der Waals surface area contributed by atoms with Gasteiger partial charge in [0.15, 0.2) is 0 Å². The van der Waals surface area contributed by atoms with E-state index in [1.54, 1.807) is 12.1 Å². The molecule has 1 aromatic carbocycles. The van der Waals surface area contributed by atoms with Crippen molar-refractivity contribution < 1.29 is 28.5 Å². The molecule has 6 nitrogen and oxygen atoms in total. The molecule has 158 valence electrons. The Hall–Kier alpha value is -2.05. The van der Waals surface area contributed by atoms with Gasteiger partial charge in [-0.25, -0.2) is 4.79 Å². The first-order chi connectivity index (χ1) is 13.9. The number of benzene rings is 1. The van der Waals surface area contributed by atoms with E-state index >= 15 is 0 Å². The Kier molecular flexibility index (Phi) is 7.19. The molecule has 1 aromatic rings. The number of ketones is 1. The van der Waals surface area contributed by atoms with E-state index in [1.807, 2.05) is 20.8 Å². The molecule has 0 bridgehead atoms. The molecule has 29 heavy (non-hydrogen) atoms. The van der Waals surface area contributed by atoms with Gasteiger partial charge in [-0.1, -0.05) is 18.5 Å². The second-order valence-electron chi connectivity index (χ2n) is 7.57. The number of carbonyl (C=O) groups excluding carboxylic acids is 2. The van der Waals surface area contributed by atoms with Crippen LogP contribution in [0.15, 0.2) is 24.2 Å². The van der Waals surface area contributed by atoms with Crippen LogP contribution in [0.25, 0.3) is 0 Å². The van der Waals surface area contributed by atoms with Crippen molar-refractivity contribution in [2.24, 2.45) is 5.92 Å². The van der Waals surface area contributed by atoms with E-state index in [2.05, 4.69) is 0 Å². The number of rotatable bonds is 7. The smallest absolute Gasteiger partial charge is 0.332 e. The molecule has 0 aromatic heterocycles. The lowest BCUT2D eigenvalue weighted by molar-refractivity contribution is -0.154. The number of halogens is 1. The van der Waals surface area contributed by atoms with Gasteiger partial charge in [-0.3, -0.25) is 4.79 Å². The van der Waals surface area contributed by atoms with Crippen molar-refractivity contribution >= 4 is 23.4 Å². The third kappa shape index (κ3) is 5.31. The minimum absolute atomic E-state index is 0.0627. The maximum absolute atomic E-state index is 12.9. The van der Waals surface area contributed by atoms with Gasteiger partial charge < -0.3 is 18.9 Å². The Labute approximate surface area is 176 Å².